The third kappa shape index (κ3) is 2.12. The molecule has 3 aromatic rings. The highest BCUT2D eigenvalue weighted by atomic mass is 16.3. The van der Waals surface area contributed by atoms with Crippen molar-refractivity contribution in [2.75, 3.05) is 0 Å². The van der Waals surface area contributed by atoms with Crippen molar-refractivity contribution < 1.29 is 4.42 Å². The molecule has 0 amide bonds. The number of nitrogens with zero attached hydrogens (tertiary/aromatic N) is 2. The van der Waals surface area contributed by atoms with Gasteiger partial charge in [0.25, 0.3) is 0 Å². The predicted octanol–water partition coefficient (Wildman–Crippen LogP) is 4.68. The van der Waals surface area contributed by atoms with Crippen LogP contribution in [0.4, 0.5) is 0 Å². The largest absolute Gasteiger partial charge is 0.434 e. The average Bonchev–Trinajstić information content (AvgIpc) is 3.11. The van der Waals surface area contributed by atoms with Crippen molar-refractivity contribution in [1.82, 2.24) is 9.97 Å². The Labute approximate surface area is 130 Å². The van der Waals surface area contributed by atoms with Gasteiger partial charge in [-0.25, -0.2) is 4.98 Å². The lowest BCUT2D eigenvalue weighted by molar-refractivity contribution is 0.587. The van der Waals surface area contributed by atoms with Crippen LogP contribution in [0.1, 0.15) is 43.9 Å². The molecule has 1 aromatic carbocycles. The van der Waals surface area contributed by atoms with Gasteiger partial charge in [-0.15, -0.1) is 0 Å². The normalized spacial score (nSPS) is 14.5. The Bertz CT molecular complexity index is 822. The second kappa shape index (κ2) is 4.67. The van der Waals surface area contributed by atoms with E-state index in [4.69, 9.17) is 4.42 Å². The van der Waals surface area contributed by atoms with Crippen LogP contribution in [0.3, 0.4) is 0 Å². The van der Waals surface area contributed by atoms with Gasteiger partial charge in [0.15, 0.2) is 11.2 Å². The summed E-state index contributed by atoms with van der Waals surface area (Å²) in [5.74, 6) is 0.706. The van der Waals surface area contributed by atoms with Crippen LogP contribution in [0.5, 0.6) is 0 Å². The van der Waals surface area contributed by atoms with Crippen LogP contribution in [-0.2, 0) is 18.3 Å². The van der Waals surface area contributed by atoms with Crippen LogP contribution in [-0.4, -0.2) is 9.97 Å². The molecule has 1 aliphatic rings. The van der Waals surface area contributed by atoms with E-state index in [1.54, 1.807) is 6.20 Å². The zero-order valence-corrected chi connectivity index (χ0v) is 13.3. The second-order valence-electron chi connectivity index (χ2n) is 7.11. The fourth-order valence-corrected chi connectivity index (χ4v) is 3.21. The number of hydrogen-bond acceptors (Lipinski definition) is 3. The Morgan fingerprint density at radius 1 is 1.14 bits per heavy atom. The van der Waals surface area contributed by atoms with E-state index in [1.165, 1.54) is 23.1 Å². The quantitative estimate of drug-likeness (QED) is 0.654. The number of aromatic nitrogens is 2. The zero-order valence-electron chi connectivity index (χ0n) is 13.3. The molecule has 0 saturated heterocycles. The molecule has 4 rings (SSSR count). The highest BCUT2D eigenvalue weighted by Crippen LogP contribution is 2.37. The van der Waals surface area contributed by atoms with Gasteiger partial charge in [0.05, 0.1) is 0 Å². The minimum atomic E-state index is 0.122. The first-order valence-corrected chi connectivity index (χ1v) is 7.90. The molecule has 0 N–H and O–H groups in total. The molecule has 22 heavy (non-hydrogen) atoms. The lowest BCUT2D eigenvalue weighted by atomic mass is 9.84. The summed E-state index contributed by atoms with van der Waals surface area (Å²) in [7, 11) is 0. The number of fused-ring (bicyclic) bond motifs is 2. The van der Waals surface area contributed by atoms with E-state index in [2.05, 4.69) is 42.9 Å². The van der Waals surface area contributed by atoms with E-state index >= 15 is 0 Å². The van der Waals surface area contributed by atoms with Crippen molar-refractivity contribution in [1.29, 1.82) is 0 Å². The van der Waals surface area contributed by atoms with Crippen molar-refractivity contribution in [3.63, 3.8) is 0 Å². The van der Waals surface area contributed by atoms with E-state index < -0.39 is 0 Å². The number of rotatable bonds is 1. The van der Waals surface area contributed by atoms with Crippen molar-refractivity contribution >= 4 is 11.2 Å². The molecule has 0 unspecified atom stereocenters. The van der Waals surface area contributed by atoms with Crippen molar-refractivity contribution in [2.45, 2.75) is 45.4 Å². The lowest BCUT2D eigenvalue weighted by Gasteiger charge is -2.21. The number of benzene rings is 1. The smallest absolute Gasteiger partial charge is 0.229 e. The van der Waals surface area contributed by atoms with Crippen molar-refractivity contribution in [3.8, 4) is 11.5 Å². The Morgan fingerprint density at radius 3 is 2.77 bits per heavy atom. The molecule has 0 aliphatic heterocycles. The Balaban J connectivity index is 1.95. The summed E-state index contributed by atoms with van der Waals surface area (Å²) in [6.07, 6.45) is 5.24. The van der Waals surface area contributed by atoms with Gasteiger partial charge in [-0.1, -0.05) is 26.8 Å². The third-order valence-corrected chi connectivity index (χ3v) is 4.48. The van der Waals surface area contributed by atoms with E-state index in [-0.39, 0.29) is 5.41 Å². The summed E-state index contributed by atoms with van der Waals surface area (Å²) in [6.45, 7) is 6.75. The molecule has 0 fully saturated rings. The minimum absolute atomic E-state index is 0.122. The van der Waals surface area contributed by atoms with E-state index in [0.29, 0.717) is 11.5 Å². The highest BCUT2D eigenvalue weighted by Gasteiger charge is 2.24. The first kappa shape index (κ1) is 13.5. The Kier molecular flexibility index (Phi) is 2.86. The van der Waals surface area contributed by atoms with Crippen LogP contribution in [0.25, 0.3) is 22.7 Å². The number of pyridine rings is 1. The van der Waals surface area contributed by atoms with E-state index in [9.17, 15) is 0 Å². The Hall–Kier alpha value is -2.16. The standard InChI is InChI=1S/C19H20N2O/c1-19(2,3)13-10-12-6-4-7-14(12)15(11-13)18-21-17-16(22-18)8-5-9-20-17/h5,8-11H,4,6-7H2,1-3H3. The topological polar surface area (TPSA) is 38.9 Å². The van der Waals surface area contributed by atoms with Gasteiger partial charge >= 0.3 is 0 Å². The second-order valence-corrected chi connectivity index (χ2v) is 7.11. The summed E-state index contributed by atoms with van der Waals surface area (Å²) in [5, 5.41) is 0. The maximum atomic E-state index is 5.97. The van der Waals surface area contributed by atoms with Gasteiger partial charge in [-0.3, -0.25) is 0 Å². The van der Waals surface area contributed by atoms with Crippen LogP contribution < -0.4 is 0 Å². The molecular weight excluding hydrogens is 272 g/mol. The van der Waals surface area contributed by atoms with Gasteiger partial charge < -0.3 is 4.42 Å². The molecule has 2 aromatic heterocycles. The molecule has 3 heteroatoms. The van der Waals surface area contributed by atoms with Crippen molar-refractivity contribution in [2.24, 2.45) is 0 Å². The molecular formula is C19H20N2O. The van der Waals surface area contributed by atoms with Crippen molar-refractivity contribution in [3.05, 3.63) is 47.2 Å². The molecule has 0 saturated carbocycles. The van der Waals surface area contributed by atoms with Gasteiger partial charge in [0, 0.05) is 11.8 Å². The molecule has 2 heterocycles. The zero-order chi connectivity index (χ0) is 15.3. The first-order valence-electron chi connectivity index (χ1n) is 7.90. The molecule has 0 radical (unpaired) electrons. The predicted molar refractivity (Wildman–Crippen MR) is 88.0 cm³/mol. The van der Waals surface area contributed by atoms with Crippen LogP contribution in [0.15, 0.2) is 34.9 Å². The molecule has 0 bridgehead atoms. The summed E-state index contributed by atoms with van der Waals surface area (Å²) in [6, 6.07) is 8.43. The average molecular weight is 292 g/mol. The maximum absolute atomic E-state index is 5.97. The fraction of sp³-hybridized carbons (Fsp3) is 0.368. The third-order valence-electron chi connectivity index (χ3n) is 4.48. The van der Waals surface area contributed by atoms with E-state index in [0.717, 1.165) is 24.0 Å². The van der Waals surface area contributed by atoms with Gasteiger partial charge in [0.1, 0.15) is 0 Å². The van der Waals surface area contributed by atoms with Gasteiger partial charge in [-0.05, 0) is 59.6 Å². The fourth-order valence-electron chi connectivity index (χ4n) is 3.21. The molecule has 3 nitrogen and oxygen atoms in total. The number of hydrogen-bond donors (Lipinski definition) is 0. The monoisotopic (exact) mass is 292 g/mol. The molecule has 112 valence electrons. The summed E-state index contributed by atoms with van der Waals surface area (Å²) >= 11 is 0. The summed E-state index contributed by atoms with van der Waals surface area (Å²) < 4.78 is 5.97. The summed E-state index contributed by atoms with van der Waals surface area (Å²) in [4.78, 5) is 8.89. The van der Waals surface area contributed by atoms with Gasteiger partial charge in [0.2, 0.25) is 5.89 Å². The SMILES string of the molecule is CC(C)(C)c1cc2c(c(-c3nc4ncccc4o3)c1)CCC2. The van der Waals surface area contributed by atoms with E-state index in [1.807, 2.05) is 12.1 Å². The van der Waals surface area contributed by atoms with Crippen LogP contribution in [0, 0.1) is 0 Å². The first-order chi connectivity index (χ1) is 10.5. The van der Waals surface area contributed by atoms with Crippen LogP contribution in [0.2, 0.25) is 0 Å². The number of aryl methyl sites for hydroxylation is 1. The molecule has 0 atom stereocenters. The minimum Gasteiger partial charge on any atom is -0.434 e. The lowest BCUT2D eigenvalue weighted by Crippen LogP contribution is -2.12. The maximum Gasteiger partial charge on any atom is 0.229 e. The van der Waals surface area contributed by atoms with Gasteiger partial charge in [-0.2, -0.15) is 4.98 Å². The molecule has 0 spiro atoms. The number of oxazole rings is 1. The highest BCUT2D eigenvalue weighted by molar-refractivity contribution is 5.74. The molecule has 1 aliphatic carbocycles. The summed E-state index contributed by atoms with van der Waals surface area (Å²) in [5.41, 5.74) is 6.92. The Morgan fingerprint density at radius 2 is 2.00 bits per heavy atom. The van der Waals surface area contributed by atoms with Crippen LogP contribution >= 0.6 is 0 Å².